The van der Waals surface area contributed by atoms with Gasteiger partial charge in [0.2, 0.25) is 0 Å². The van der Waals surface area contributed by atoms with E-state index in [2.05, 4.69) is 9.24 Å². The van der Waals surface area contributed by atoms with Gasteiger partial charge in [0.25, 0.3) is 0 Å². The van der Waals surface area contributed by atoms with Crippen LogP contribution in [0.1, 0.15) is 15.9 Å². The van der Waals surface area contributed by atoms with Gasteiger partial charge in [0.15, 0.2) is 17.5 Å². The van der Waals surface area contributed by atoms with Gasteiger partial charge in [-0.05, 0) is 35.5 Å². The third-order valence-electron chi connectivity index (χ3n) is 3.88. The van der Waals surface area contributed by atoms with E-state index in [1.807, 2.05) is 31.2 Å². The Morgan fingerprint density at radius 2 is 1.44 bits per heavy atom. The van der Waals surface area contributed by atoms with Crippen molar-refractivity contribution in [1.29, 1.82) is 0 Å². The van der Waals surface area contributed by atoms with Crippen LogP contribution in [0, 0.1) is 30.2 Å². The summed E-state index contributed by atoms with van der Waals surface area (Å²) in [7, 11) is 2.23. The molecule has 0 aliphatic heterocycles. The van der Waals surface area contributed by atoms with Crippen LogP contribution < -0.4 is 10.0 Å². The molecular weight excluding hydrogens is 379 g/mol. The highest BCUT2D eigenvalue weighted by molar-refractivity contribution is 7.27. The van der Waals surface area contributed by atoms with E-state index in [0.29, 0.717) is 17.7 Å². The number of aryl methyl sites for hydroxylation is 1. The van der Waals surface area contributed by atoms with Crippen LogP contribution in [0.2, 0.25) is 0 Å². The lowest BCUT2D eigenvalue weighted by atomic mass is 10.0. The summed E-state index contributed by atoms with van der Waals surface area (Å²) in [5.41, 5.74) is 1.95. The molecule has 0 aromatic heterocycles. The zero-order valence-corrected chi connectivity index (χ0v) is 15.2. The monoisotopic (exact) mass is 392 g/mol. The standard InChI is InChI=1S/C20H13F4O2P/c1-10-2-4-11(5-3-10)12-6-14(21)18(17(27)7-12)20(25)26-13-8-15(22)19(24)16(23)9-13/h2-9H,27H2,1H3. The van der Waals surface area contributed by atoms with Gasteiger partial charge in [0.05, 0.1) is 0 Å². The van der Waals surface area contributed by atoms with Crippen LogP contribution in [-0.4, -0.2) is 5.97 Å². The molecule has 3 rings (SSSR count). The zero-order valence-electron chi connectivity index (χ0n) is 14.0. The van der Waals surface area contributed by atoms with Crippen molar-refractivity contribution in [2.24, 2.45) is 0 Å². The second-order valence-electron chi connectivity index (χ2n) is 5.88. The fourth-order valence-electron chi connectivity index (χ4n) is 2.51. The minimum absolute atomic E-state index is 0.207. The summed E-state index contributed by atoms with van der Waals surface area (Å²) in [6.07, 6.45) is 0. The molecule has 0 saturated carbocycles. The van der Waals surface area contributed by atoms with Crippen molar-refractivity contribution in [3.05, 3.63) is 82.9 Å². The lowest BCUT2D eigenvalue weighted by molar-refractivity contribution is 0.0730. The summed E-state index contributed by atoms with van der Waals surface area (Å²) in [4.78, 5) is 12.2. The SMILES string of the molecule is Cc1ccc(-c2cc(F)c(C(=O)Oc3cc(F)c(F)c(F)c3)c(P)c2)cc1. The topological polar surface area (TPSA) is 26.3 Å². The number of hydrogen-bond acceptors (Lipinski definition) is 2. The number of halogens is 4. The highest BCUT2D eigenvalue weighted by Gasteiger charge is 2.20. The maximum atomic E-state index is 14.5. The van der Waals surface area contributed by atoms with Crippen molar-refractivity contribution in [1.82, 2.24) is 0 Å². The molecule has 1 atom stereocenters. The van der Waals surface area contributed by atoms with Gasteiger partial charge in [0, 0.05) is 12.1 Å². The highest BCUT2D eigenvalue weighted by atomic mass is 31.0. The van der Waals surface area contributed by atoms with Gasteiger partial charge in [-0.25, -0.2) is 22.4 Å². The first-order valence-corrected chi connectivity index (χ1v) is 8.37. The predicted octanol–water partition coefficient (Wildman–Crippen LogP) is 4.94. The van der Waals surface area contributed by atoms with E-state index in [0.717, 1.165) is 11.1 Å². The molecule has 7 heteroatoms. The Bertz CT molecular complexity index is 987. The first-order chi connectivity index (χ1) is 12.8. The van der Waals surface area contributed by atoms with Gasteiger partial charge >= 0.3 is 5.97 Å². The maximum Gasteiger partial charge on any atom is 0.347 e. The first-order valence-electron chi connectivity index (χ1n) is 7.79. The van der Waals surface area contributed by atoms with Crippen LogP contribution >= 0.6 is 9.24 Å². The molecule has 2 nitrogen and oxygen atoms in total. The molecule has 0 amide bonds. The average Bonchev–Trinajstić information content (AvgIpc) is 2.59. The van der Waals surface area contributed by atoms with Crippen LogP contribution in [0.15, 0.2) is 48.5 Å². The molecule has 0 bridgehead atoms. The van der Waals surface area contributed by atoms with Crippen LogP contribution in [0.25, 0.3) is 11.1 Å². The molecule has 3 aromatic carbocycles. The fourth-order valence-corrected chi connectivity index (χ4v) is 2.94. The Balaban J connectivity index is 1.92. The van der Waals surface area contributed by atoms with Crippen molar-refractivity contribution in [2.45, 2.75) is 6.92 Å². The van der Waals surface area contributed by atoms with E-state index < -0.39 is 40.6 Å². The minimum atomic E-state index is -1.69. The van der Waals surface area contributed by atoms with Crippen LogP contribution in [0.4, 0.5) is 17.6 Å². The largest absolute Gasteiger partial charge is 0.423 e. The molecule has 0 spiro atoms. The number of carbonyl (C=O) groups is 1. The third kappa shape index (κ3) is 4.01. The van der Waals surface area contributed by atoms with E-state index in [1.165, 1.54) is 6.07 Å². The summed E-state index contributed by atoms with van der Waals surface area (Å²) >= 11 is 0. The Morgan fingerprint density at radius 1 is 0.852 bits per heavy atom. The van der Waals surface area contributed by atoms with Gasteiger partial charge in [-0.2, -0.15) is 0 Å². The third-order valence-corrected chi connectivity index (χ3v) is 4.33. The minimum Gasteiger partial charge on any atom is -0.423 e. The molecule has 3 aromatic rings. The Morgan fingerprint density at radius 3 is 2.00 bits per heavy atom. The summed E-state index contributed by atoms with van der Waals surface area (Å²) in [6, 6.07) is 11.1. The van der Waals surface area contributed by atoms with Crippen molar-refractivity contribution in [2.75, 3.05) is 0 Å². The maximum absolute atomic E-state index is 14.5. The van der Waals surface area contributed by atoms with E-state index in [4.69, 9.17) is 4.74 Å². The quantitative estimate of drug-likeness (QED) is 0.208. The number of carbonyl (C=O) groups excluding carboxylic acids is 1. The van der Waals surface area contributed by atoms with Gasteiger partial charge in [0.1, 0.15) is 17.1 Å². The molecule has 0 aliphatic rings. The van der Waals surface area contributed by atoms with Crippen LogP contribution in [0.3, 0.4) is 0 Å². The molecule has 0 radical (unpaired) electrons. The van der Waals surface area contributed by atoms with Gasteiger partial charge in [-0.3, -0.25) is 0 Å². The van der Waals surface area contributed by atoms with Gasteiger partial charge in [-0.1, -0.05) is 29.8 Å². The summed E-state index contributed by atoms with van der Waals surface area (Å²) < 4.78 is 58.8. The molecule has 0 N–H and O–H groups in total. The highest BCUT2D eigenvalue weighted by Crippen LogP contribution is 2.25. The number of hydrogen-bond donors (Lipinski definition) is 0. The Labute approximate surface area is 155 Å². The van der Waals surface area contributed by atoms with Crippen molar-refractivity contribution in [3.63, 3.8) is 0 Å². The summed E-state index contributed by atoms with van der Waals surface area (Å²) in [5, 5.41) is 0.207. The van der Waals surface area contributed by atoms with Crippen LogP contribution in [-0.2, 0) is 0 Å². The van der Waals surface area contributed by atoms with E-state index in [1.54, 1.807) is 6.07 Å². The van der Waals surface area contributed by atoms with E-state index >= 15 is 0 Å². The summed E-state index contributed by atoms with van der Waals surface area (Å²) in [5.74, 6) is -7.29. The first kappa shape index (κ1) is 19.1. The molecule has 138 valence electrons. The zero-order chi connectivity index (χ0) is 19.7. The smallest absolute Gasteiger partial charge is 0.347 e. The molecule has 27 heavy (non-hydrogen) atoms. The van der Waals surface area contributed by atoms with Crippen LogP contribution in [0.5, 0.6) is 5.75 Å². The molecular formula is C20H13F4O2P. The number of ether oxygens (including phenoxy) is 1. The lowest BCUT2D eigenvalue weighted by Crippen LogP contribution is -2.19. The number of esters is 1. The van der Waals surface area contributed by atoms with Gasteiger partial charge < -0.3 is 4.74 Å². The average molecular weight is 392 g/mol. The second-order valence-corrected chi connectivity index (χ2v) is 6.50. The fraction of sp³-hybridized carbons (Fsp3) is 0.0500. The predicted molar refractivity (Wildman–Crippen MR) is 97.2 cm³/mol. The summed E-state index contributed by atoms with van der Waals surface area (Å²) in [6.45, 7) is 1.92. The lowest BCUT2D eigenvalue weighted by Gasteiger charge is -2.11. The van der Waals surface area contributed by atoms with Crippen molar-refractivity contribution < 1.29 is 27.1 Å². The van der Waals surface area contributed by atoms with Crippen molar-refractivity contribution in [3.8, 4) is 16.9 Å². The van der Waals surface area contributed by atoms with Crippen molar-refractivity contribution >= 4 is 20.5 Å². The molecule has 0 fully saturated rings. The Hall–Kier alpha value is -2.72. The van der Waals surface area contributed by atoms with E-state index in [9.17, 15) is 22.4 Å². The second kappa shape index (κ2) is 7.49. The van der Waals surface area contributed by atoms with E-state index in [-0.39, 0.29) is 5.30 Å². The molecule has 0 heterocycles. The molecule has 1 unspecified atom stereocenters. The molecule has 0 aliphatic carbocycles. The number of rotatable bonds is 3. The normalized spacial score (nSPS) is 10.7. The molecule has 0 saturated heterocycles. The number of benzene rings is 3. The Kier molecular flexibility index (Phi) is 5.29. The van der Waals surface area contributed by atoms with Gasteiger partial charge in [-0.15, -0.1) is 9.24 Å².